The molecule has 21 heavy (non-hydrogen) atoms. The lowest BCUT2D eigenvalue weighted by Gasteiger charge is -2.07. The number of hydrogen-bond donors (Lipinski definition) is 0. The highest BCUT2D eigenvalue weighted by molar-refractivity contribution is 6.30. The van der Waals surface area contributed by atoms with E-state index in [-0.39, 0.29) is 0 Å². The number of rotatable bonds is 4. The van der Waals surface area contributed by atoms with E-state index in [1.54, 1.807) is 24.1 Å². The van der Waals surface area contributed by atoms with Crippen molar-refractivity contribution in [2.24, 2.45) is 0 Å². The lowest BCUT2D eigenvalue weighted by Crippen LogP contribution is -1.98. The largest absolute Gasteiger partial charge is 0.497 e. The second-order valence-electron chi connectivity index (χ2n) is 4.37. The first-order valence-corrected chi connectivity index (χ1v) is 6.92. The van der Waals surface area contributed by atoms with Gasteiger partial charge in [0.05, 0.1) is 36.5 Å². The van der Waals surface area contributed by atoms with Gasteiger partial charge in [0.25, 0.3) is 0 Å². The monoisotopic (exact) mass is 303 g/mol. The van der Waals surface area contributed by atoms with Crippen LogP contribution >= 0.6 is 11.6 Å². The molecule has 108 valence electrons. The van der Waals surface area contributed by atoms with Crippen molar-refractivity contribution in [1.29, 1.82) is 0 Å². The standard InChI is InChI=1S/C15H14ClN3O2/c1-3-21-15-12-9-17-19(13(12)8-14(16)18-15)10-5-4-6-11(7-10)20-2/h4-9H,3H2,1-2H3. The first-order valence-electron chi connectivity index (χ1n) is 6.54. The third-order valence-corrected chi connectivity index (χ3v) is 3.27. The molecule has 0 radical (unpaired) electrons. The van der Waals surface area contributed by atoms with Gasteiger partial charge in [-0.25, -0.2) is 9.67 Å². The van der Waals surface area contributed by atoms with Crippen LogP contribution < -0.4 is 9.47 Å². The smallest absolute Gasteiger partial charge is 0.226 e. The highest BCUT2D eigenvalue weighted by Crippen LogP contribution is 2.29. The normalized spacial score (nSPS) is 10.8. The van der Waals surface area contributed by atoms with Crippen molar-refractivity contribution in [3.8, 4) is 17.3 Å². The molecule has 0 unspecified atom stereocenters. The summed E-state index contributed by atoms with van der Waals surface area (Å²) >= 11 is 6.08. The molecular weight excluding hydrogens is 290 g/mol. The van der Waals surface area contributed by atoms with Crippen molar-refractivity contribution in [2.45, 2.75) is 6.92 Å². The number of methoxy groups -OCH3 is 1. The molecule has 0 spiro atoms. The number of pyridine rings is 1. The van der Waals surface area contributed by atoms with Gasteiger partial charge in [-0.15, -0.1) is 0 Å². The van der Waals surface area contributed by atoms with Crippen molar-refractivity contribution >= 4 is 22.5 Å². The molecule has 0 aliphatic carbocycles. The Hall–Kier alpha value is -2.27. The molecular formula is C15H14ClN3O2. The summed E-state index contributed by atoms with van der Waals surface area (Å²) in [5, 5.41) is 5.60. The van der Waals surface area contributed by atoms with Crippen LogP contribution in [0.2, 0.25) is 5.15 Å². The number of ether oxygens (including phenoxy) is 2. The van der Waals surface area contributed by atoms with E-state index in [4.69, 9.17) is 21.1 Å². The zero-order chi connectivity index (χ0) is 14.8. The summed E-state index contributed by atoms with van der Waals surface area (Å²) in [5.74, 6) is 1.26. The summed E-state index contributed by atoms with van der Waals surface area (Å²) in [5.41, 5.74) is 1.72. The molecule has 0 fully saturated rings. The van der Waals surface area contributed by atoms with Gasteiger partial charge >= 0.3 is 0 Å². The average molecular weight is 304 g/mol. The highest BCUT2D eigenvalue weighted by Gasteiger charge is 2.13. The lowest BCUT2D eigenvalue weighted by atomic mass is 10.3. The summed E-state index contributed by atoms with van der Waals surface area (Å²) in [7, 11) is 1.63. The lowest BCUT2D eigenvalue weighted by molar-refractivity contribution is 0.331. The molecule has 0 bridgehead atoms. The molecule has 5 nitrogen and oxygen atoms in total. The average Bonchev–Trinajstić information content (AvgIpc) is 2.91. The van der Waals surface area contributed by atoms with Gasteiger partial charge in [0.1, 0.15) is 10.9 Å². The molecule has 3 aromatic rings. The third kappa shape index (κ3) is 2.52. The Bertz CT molecular complexity index is 786. The second-order valence-corrected chi connectivity index (χ2v) is 4.76. The molecule has 0 amide bonds. The summed E-state index contributed by atoms with van der Waals surface area (Å²) in [6.07, 6.45) is 1.73. The van der Waals surface area contributed by atoms with Crippen LogP contribution in [-0.4, -0.2) is 28.5 Å². The quantitative estimate of drug-likeness (QED) is 0.692. The van der Waals surface area contributed by atoms with Crippen LogP contribution in [0.15, 0.2) is 36.5 Å². The fourth-order valence-electron chi connectivity index (χ4n) is 2.16. The van der Waals surface area contributed by atoms with E-state index in [1.165, 1.54) is 0 Å². The second kappa shape index (κ2) is 5.61. The Morgan fingerprint density at radius 2 is 2.14 bits per heavy atom. The third-order valence-electron chi connectivity index (χ3n) is 3.08. The maximum absolute atomic E-state index is 6.08. The Kier molecular flexibility index (Phi) is 3.66. The SMILES string of the molecule is CCOc1nc(Cl)cc2c1cnn2-c1cccc(OC)c1. The number of nitrogens with zero attached hydrogens (tertiary/aromatic N) is 3. The van der Waals surface area contributed by atoms with Crippen molar-refractivity contribution in [2.75, 3.05) is 13.7 Å². The number of aromatic nitrogens is 3. The summed E-state index contributed by atoms with van der Waals surface area (Å²) in [6, 6.07) is 9.42. The van der Waals surface area contributed by atoms with E-state index in [9.17, 15) is 0 Å². The van der Waals surface area contributed by atoms with Gasteiger partial charge in [-0.2, -0.15) is 5.10 Å². The fourth-order valence-corrected chi connectivity index (χ4v) is 2.34. The topological polar surface area (TPSA) is 49.2 Å². The molecule has 0 atom stereocenters. The Morgan fingerprint density at radius 3 is 2.90 bits per heavy atom. The molecule has 0 saturated heterocycles. The molecule has 6 heteroatoms. The van der Waals surface area contributed by atoms with Gasteiger partial charge in [0.2, 0.25) is 5.88 Å². The van der Waals surface area contributed by atoms with Crippen LogP contribution in [0.25, 0.3) is 16.6 Å². The van der Waals surface area contributed by atoms with Gasteiger partial charge in [-0.05, 0) is 19.1 Å². The number of benzene rings is 1. The summed E-state index contributed by atoms with van der Waals surface area (Å²) in [6.45, 7) is 2.42. The maximum Gasteiger partial charge on any atom is 0.226 e. The molecule has 0 saturated carbocycles. The van der Waals surface area contributed by atoms with Crippen molar-refractivity contribution in [3.05, 3.63) is 41.7 Å². The van der Waals surface area contributed by atoms with Gasteiger partial charge in [0.15, 0.2) is 0 Å². The predicted molar refractivity (Wildman–Crippen MR) is 81.6 cm³/mol. The van der Waals surface area contributed by atoms with Crippen LogP contribution in [0, 0.1) is 0 Å². The van der Waals surface area contributed by atoms with E-state index in [0.29, 0.717) is 17.6 Å². The minimum Gasteiger partial charge on any atom is -0.497 e. The fraction of sp³-hybridized carbons (Fsp3) is 0.200. The van der Waals surface area contributed by atoms with Crippen LogP contribution in [-0.2, 0) is 0 Å². The van der Waals surface area contributed by atoms with Crippen molar-refractivity contribution in [3.63, 3.8) is 0 Å². The van der Waals surface area contributed by atoms with Crippen molar-refractivity contribution in [1.82, 2.24) is 14.8 Å². The van der Waals surface area contributed by atoms with Gasteiger partial charge in [-0.3, -0.25) is 0 Å². The molecule has 0 aliphatic heterocycles. The first kappa shape index (κ1) is 13.7. The minimum atomic E-state index is 0.371. The number of fused-ring (bicyclic) bond motifs is 1. The Labute approximate surface area is 127 Å². The number of halogens is 1. The van der Waals surface area contributed by atoms with Gasteiger partial charge in [-0.1, -0.05) is 17.7 Å². The van der Waals surface area contributed by atoms with Crippen LogP contribution in [0.5, 0.6) is 11.6 Å². The van der Waals surface area contributed by atoms with Crippen LogP contribution in [0.1, 0.15) is 6.92 Å². The summed E-state index contributed by atoms with van der Waals surface area (Å²) < 4.78 is 12.6. The van der Waals surface area contributed by atoms with E-state index in [0.717, 1.165) is 22.3 Å². The summed E-state index contributed by atoms with van der Waals surface area (Å²) in [4.78, 5) is 4.20. The molecule has 2 aromatic heterocycles. The van der Waals surface area contributed by atoms with E-state index >= 15 is 0 Å². The molecule has 2 heterocycles. The molecule has 0 aliphatic rings. The van der Waals surface area contributed by atoms with E-state index < -0.39 is 0 Å². The minimum absolute atomic E-state index is 0.371. The van der Waals surface area contributed by atoms with E-state index in [2.05, 4.69) is 10.1 Å². The zero-order valence-electron chi connectivity index (χ0n) is 11.7. The Balaban J connectivity index is 2.19. The van der Waals surface area contributed by atoms with Gasteiger partial charge < -0.3 is 9.47 Å². The highest BCUT2D eigenvalue weighted by atomic mass is 35.5. The molecule has 0 N–H and O–H groups in total. The van der Waals surface area contributed by atoms with E-state index in [1.807, 2.05) is 31.2 Å². The maximum atomic E-state index is 6.08. The zero-order valence-corrected chi connectivity index (χ0v) is 12.5. The van der Waals surface area contributed by atoms with Crippen molar-refractivity contribution < 1.29 is 9.47 Å². The first-order chi connectivity index (χ1) is 10.2. The molecule has 1 aromatic carbocycles. The number of hydrogen-bond acceptors (Lipinski definition) is 4. The predicted octanol–water partition coefficient (Wildman–Crippen LogP) is 3.48. The van der Waals surface area contributed by atoms with Crippen LogP contribution in [0.3, 0.4) is 0 Å². The van der Waals surface area contributed by atoms with Crippen LogP contribution in [0.4, 0.5) is 0 Å². The van der Waals surface area contributed by atoms with Gasteiger partial charge in [0, 0.05) is 12.1 Å². The Morgan fingerprint density at radius 1 is 1.29 bits per heavy atom. The molecule has 3 rings (SSSR count).